The van der Waals surface area contributed by atoms with Crippen molar-refractivity contribution >= 4 is 11.6 Å². The number of likely N-dealkylation sites (tertiary alicyclic amines) is 1. The van der Waals surface area contributed by atoms with Gasteiger partial charge in [0.05, 0.1) is 0 Å². The molecule has 3 N–H and O–H groups in total. The van der Waals surface area contributed by atoms with E-state index in [-0.39, 0.29) is 0 Å². The van der Waals surface area contributed by atoms with Crippen LogP contribution in [-0.2, 0) is 6.42 Å². The predicted octanol–water partition coefficient (Wildman–Crippen LogP) is 2.69. The molecular weight excluding hydrogens is 262 g/mol. The van der Waals surface area contributed by atoms with Crippen molar-refractivity contribution in [2.24, 2.45) is 0 Å². The molecule has 0 spiro atoms. The topological polar surface area (TPSA) is 67.1 Å². The minimum absolute atomic E-state index is 0.610. The zero-order chi connectivity index (χ0) is 15.1. The summed E-state index contributed by atoms with van der Waals surface area (Å²) in [4.78, 5) is 11.0. The number of nitrogens with zero attached hydrogens (tertiary/aromatic N) is 3. The van der Waals surface area contributed by atoms with E-state index in [9.17, 15) is 0 Å². The van der Waals surface area contributed by atoms with E-state index in [1.165, 1.54) is 25.8 Å². The van der Waals surface area contributed by atoms with E-state index in [2.05, 4.69) is 34.0 Å². The van der Waals surface area contributed by atoms with Crippen LogP contribution in [-0.4, -0.2) is 40.5 Å². The second-order valence-electron chi connectivity index (χ2n) is 6.00. The van der Waals surface area contributed by atoms with Gasteiger partial charge in [-0.15, -0.1) is 0 Å². The van der Waals surface area contributed by atoms with Gasteiger partial charge >= 0.3 is 0 Å². The summed E-state index contributed by atoms with van der Waals surface area (Å²) >= 11 is 0. The molecule has 0 bridgehead atoms. The van der Waals surface area contributed by atoms with Crippen molar-refractivity contribution in [1.29, 1.82) is 0 Å². The van der Waals surface area contributed by atoms with Crippen LogP contribution in [0.4, 0.5) is 11.6 Å². The fraction of sp³-hybridized carbons (Fsp3) is 0.750. The molecule has 0 radical (unpaired) electrons. The molecule has 5 nitrogen and oxygen atoms in total. The van der Waals surface area contributed by atoms with Crippen LogP contribution in [0.3, 0.4) is 0 Å². The SMILES string of the molecule is CCCc1c(N)ncnc1NCCCN1CCCCC1C. The average Bonchev–Trinajstić information content (AvgIpc) is 2.48. The van der Waals surface area contributed by atoms with Crippen LogP contribution >= 0.6 is 0 Å². The van der Waals surface area contributed by atoms with Gasteiger partial charge in [-0.3, -0.25) is 0 Å². The zero-order valence-corrected chi connectivity index (χ0v) is 13.4. The third-order valence-electron chi connectivity index (χ3n) is 4.33. The molecule has 0 aliphatic carbocycles. The Bertz CT molecular complexity index is 435. The van der Waals surface area contributed by atoms with E-state index < -0.39 is 0 Å². The number of anilines is 2. The van der Waals surface area contributed by atoms with E-state index in [0.717, 1.165) is 49.8 Å². The molecule has 1 aromatic heterocycles. The maximum Gasteiger partial charge on any atom is 0.134 e. The normalized spacial score (nSPS) is 19.6. The lowest BCUT2D eigenvalue weighted by Gasteiger charge is -2.33. The number of rotatable bonds is 7. The fourth-order valence-corrected chi connectivity index (χ4v) is 3.05. The summed E-state index contributed by atoms with van der Waals surface area (Å²) in [6.45, 7) is 7.85. The molecule has 1 aliphatic rings. The monoisotopic (exact) mass is 291 g/mol. The number of aromatic nitrogens is 2. The summed E-state index contributed by atoms with van der Waals surface area (Å²) in [5.41, 5.74) is 7.01. The molecule has 2 rings (SSSR count). The van der Waals surface area contributed by atoms with Crippen molar-refractivity contribution in [1.82, 2.24) is 14.9 Å². The first-order valence-corrected chi connectivity index (χ1v) is 8.29. The number of hydrogen-bond donors (Lipinski definition) is 2. The van der Waals surface area contributed by atoms with E-state index in [4.69, 9.17) is 5.73 Å². The predicted molar refractivity (Wildman–Crippen MR) is 88.4 cm³/mol. The van der Waals surface area contributed by atoms with Crippen LogP contribution in [0, 0.1) is 0 Å². The Hall–Kier alpha value is -1.36. The molecule has 1 unspecified atom stereocenters. The van der Waals surface area contributed by atoms with Crippen LogP contribution < -0.4 is 11.1 Å². The van der Waals surface area contributed by atoms with Gasteiger partial charge in [0.2, 0.25) is 0 Å². The van der Waals surface area contributed by atoms with Gasteiger partial charge in [-0.1, -0.05) is 19.8 Å². The summed E-state index contributed by atoms with van der Waals surface area (Å²) in [5.74, 6) is 1.52. The van der Waals surface area contributed by atoms with Crippen LogP contribution in [0.25, 0.3) is 0 Å². The molecule has 0 amide bonds. The maximum absolute atomic E-state index is 5.95. The Balaban J connectivity index is 1.79. The minimum Gasteiger partial charge on any atom is -0.383 e. The molecular formula is C16H29N5. The lowest BCUT2D eigenvalue weighted by atomic mass is 10.0. The van der Waals surface area contributed by atoms with Crippen molar-refractivity contribution < 1.29 is 0 Å². The average molecular weight is 291 g/mol. The molecule has 0 saturated carbocycles. The smallest absolute Gasteiger partial charge is 0.134 e. The Morgan fingerprint density at radius 1 is 1.38 bits per heavy atom. The third kappa shape index (κ3) is 4.56. The highest BCUT2D eigenvalue weighted by atomic mass is 15.2. The van der Waals surface area contributed by atoms with Crippen LogP contribution in [0.5, 0.6) is 0 Å². The Morgan fingerprint density at radius 2 is 2.24 bits per heavy atom. The van der Waals surface area contributed by atoms with Gasteiger partial charge in [-0.2, -0.15) is 0 Å². The molecule has 118 valence electrons. The Kier molecular flexibility index (Phi) is 6.23. The van der Waals surface area contributed by atoms with Crippen LogP contribution in [0.1, 0.15) is 51.5 Å². The van der Waals surface area contributed by atoms with Crippen molar-refractivity contribution in [2.75, 3.05) is 30.7 Å². The van der Waals surface area contributed by atoms with Gasteiger partial charge in [0, 0.05) is 24.7 Å². The standard InChI is InChI=1S/C16H29N5/c1-3-7-14-15(17)19-12-20-16(14)18-9-6-11-21-10-5-4-8-13(21)2/h12-13H,3-11H2,1-2H3,(H3,17,18,19,20). The molecule has 1 atom stereocenters. The lowest BCUT2D eigenvalue weighted by molar-refractivity contribution is 0.160. The van der Waals surface area contributed by atoms with Gasteiger partial charge in [0.1, 0.15) is 18.0 Å². The van der Waals surface area contributed by atoms with Gasteiger partial charge in [-0.05, 0) is 39.2 Å². The molecule has 1 aliphatic heterocycles. The van der Waals surface area contributed by atoms with E-state index in [1.54, 1.807) is 6.33 Å². The third-order valence-corrected chi connectivity index (χ3v) is 4.33. The second-order valence-corrected chi connectivity index (χ2v) is 6.00. The van der Waals surface area contributed by atoms with Crippen molar-refractivity contribution in [3.63, 3.8) is 0 Å². The first kappa shape index (κ1) is 16.0. The van der Waals surface area contributed by atoms with Gasteiger partial charge < -0.3 is 16.0 Å². The highest BCUT2D eigenvalue weighted by Crippen LogP contribution is 2.19. The first-order valence-electron chi connectivity index (χ1n) is 8.29. The van der Waals surface area contributed by atoms with Gasteiger partial charge in [-0.25, -0.2) is 9.97 Å². The second kappa shape index (κ2) is 8.17. The molecule has 1 aromatic rings. The molecule has 1 saturated heterocycles. The fourth-order valence-electron chi connectivity index (χ4n) is 3.05. The number of hydrogen-bond acceptors (Lipinski definition) is 5. The van der Waals surface area contributed by atoms with Crippen molar-refractivity contribution in [3.8, 4) is 0 Å². The molecule has 21 heavy (non-hydrogen) atoms. The zero-order valence-electron chi connectivity index (χ0n) is 13.4. The van der Waals surface area contributed by atoms with E-state index in [1.807, 2.05) is 0 Å². The lowest BCUT2D eigenvalue weighted by Crippen LogP contribution is -2.38. The molecule has 1 fully saturated rings. The van der Waals surface area contributed by atoms with E-state index >= 15 is 0 Å². The van der Waals surface area contributed by atoms with Crippen LogP contribution in [0.15, 0.2) is 6.33 Å². The summed E-state index contributed by atoms with van der Waals surface area (Å²) in [7, 11) is 0. The number of nitrogen functional groups attached to an aromatic ring is 1. The summed E-state index contributed by atoms with van der Waals surface area (Å²) in [5, 5.41) is 3.44. The minimum atomic E-state index is 0.610. The summed E-state index contributed by atoms with van der Waals surface area (Å²) < 4.78 is 0. The Morgan fingerprint density at radius 3 is 3.00 bits per heavy atom. The number of piperidine rings is 1. The molecule has 5 heteroatoms. The Labute approximate surface area is 128 Å². The van der Waals surface area contributed by atoms with Gasteiger partial charge in [0.25, 0.3) is 0 Å². The largest absolute Gasteiger partial charge is 0.383 e. The molecule has 0 aromatic carbocycles. The number of nitrogens with one attached hydrogen (secondary N) is 1. The highest BCUT2D eigenvalue weighted by molar-refractivity contribution is 5.54. The van der Waals surface area contributed by atoms with E-state index in [0.29, 0.717) is 5.82 Å². The summed E-state index contributed by atoms with van der Waals surface area (Å²) in [6, 6.07) is 0.740. The van der Waals surface area contributed by atoms with Gasteiger partial charge in [0.15, 0.2) is 0 Å². The molecule has 2 heterocycles. The first-order chi connectivity index (χ1) is 10.2. The highest BCUT2D eigenvalue weighted by Gasteiger charge is 2.17. The number of nitrogens with two attached hydrogens (primary N) is 1. The maximum atomic E-state index is 5.95. The van der Waals surface area contributed by atoms with Crippen LogP contribution in [0.2, 0.25) is 0 Å². The van der Waals surface area contributed by atoms with Crippen molar-refractivity contribution in [3.05, 3.63) is 11.9 Å². The van der Waals surface area contributed by atoms with Crippen molar-refractivity contribution in [2.45, 2.75) is 58.4 Å². The summed E-state index contributed by atoms with van der Waals surface area (Å²) in [6.07, 6.45) is 8.74. The quantitative estimate of drug-likeness (QED) is 0.756.